The van der Waals surface area contributed by atoms with Gasteiger partial charge in [-0.1, -0.05) is 12.1 Å². The van der Waals surface area contributed by atoms with Crippen molar-refractivity contribution in [2.24, 2.45) is 5.92 Å². The topological polar surface area (TPSA) is 83.3 Å². The first-order valence-electron chi connectivity index (χ1n) is 8.69. The molecule has 2 N–H and O–H groups in total. The van der Waals surface area contributed by atoms with Gasteiger partial charge in [0.25, 0.3) is 0 Å². The Kier molecular flexibility index (Phi) is 5.03. The highest BCUT2D eigenvalue weighted by atomic mass is 16.3. The fourth-order valence-corrected chi connectivity index (χ4v) is 3.29. The molecule has 3 rings (SSSR count). The summed E-state index contributed by atoms with van der Waals surface area (Å²) in [5, 5.41) is 17.1. The Labute approximate surface area is 147 Å². The summed E-state index contributed by atoms with van der Waals surface area (Å²) in [5.74, 6) is 1.74. The van der Waals surface area contributed by atoms with Gasteiger partial charge in [-0.2, -0.15) is 5.10 Å². The second-order valence-corrected chi connectivity index (χ2v) is 6.63. The number of anilines is 1. The molecule has 134 valence electrons. The first kappa shape index (κ1) is 17.4. The van der Waals surface area contributed by atoms with Crippen molar-refractivity contribution in [3.8, 4) is 5.69 Å². The number of amides is 2. The Morgan fingerprint density at radius 3 is 2.56 bits per heavy atom. The van der Waals surface area contributed by atoms with Crippen LogP contribution in [0.2, 0.25) is 0 Å². The molecule has 0 bridgehead atoms. The number of carbonyl (C=O) groups excluding carboxylic acids is 1. The zero-order valence-corrected chi connectivity index (χ0v) is 14.9. The van der Waals surface area contributed by atoms with E-state index in [1.165, 1.54) is 0 Å². The lowest BCUT2D eigenvalue weighted by Gasteiger charge is -2.33. The summed E-state index contributed by atoms with van der Waals surface area (Å²) in [6.45, 7) is 6.87. The SMILES string of the molecule is Cc1nc(C)n(-c2ccccc2NC(=O)N2CCC(C(C)O)CC2)n1. The van der Waals surface area contributed by atoms with Gasteiger partial charge in [0.2, 0.25) is 0 Å². The van der Waals surface area contributed by atoms with Crippen LogP contribution in [0.1, 0.15) is 31.4 Å². The number of rotatable bonds is 3. The van der Waals surface area contributed by atoms with E-state index >= 15 is 0 Å². The van der Waals surface area contributed by atoms with E-state index in [1.807, 2.05) is 45.0 Å². The highest BCUT2D eigenvalue weighted by Gasteiger charge is 2.25. The average molecular weight is 343 g/mol. The minimum Gasteiger partial charge on any atom is -0.393 e. The van der Waals surface area contributed by atoms with Crippen LogP contribution in [-0.2, 0) is 0 Å². The van der Waals surface area contributed by atoms with Crippen molar-refractivity contribution in [3.63, 3.8) is 0 Å². The number of piperidine rings is 1. The number of para-hydroxylation sites is 2. The number of nitrogens with zero attached hydrogens (tertiary/aromatic N) is 4. The summed E-state index contributed by atoms with van der Waals surface area (Å²) in [6, 6.07) is 7.46. The molecule has 25 heavy (non-hydrogen) atoms. The number of likely N-dealkylation sites (tertiary alicyclic amines) is 1. The number of benzene rings is 1. The molecule has 0 radical (unpaired) electrons. The number of nitrogens with one attached hydrogen (secondary N) is 1. The number of aromatic nitrogens is 3. The number of carbonyl (C=O) groups is 1. The van der Waals surface area contributed by atoms with E-state index in [9.17, 15) is 9.90 Å². The molecule has 1 aromatic carbocycles. The standard InChI is InChI=1S/C18H25N5O2/c1-12(24)15-8-10-22(11-9-15)18(25)20-16-6-4-5-7-17(16)23-14(3)19-13(2)21-23/h4-7,12,15,24H,8-11H2,1-3H3,(H,20,25). The number of hydrogen-bond acceptors (Lipinski definition) is 4. The van der Waals surface area contributed by atoms with Crippen molar-refractivity contribution in [3.05, 3.63) is 35.9 Å². The quantitative estimate of drug-likeness (QED) is 0.897. The third-order valence-electron chi connectivity index (χ3n) is 4.76. The zero-order chi connectivity index (χ0) is 18.0. The van der Waals surface area contributed by atoms with Gasteiger partial charge in [-0.15, -0.1) is 0 Å². The Morgan fingerprint density at radius 2 is 1.96 bits per heavy atom. The number of hydrogen-bond donors (Lipinski definition) is 2. The predicted molar refractivity (Wildman–Crippen MR) is 95.8 cm³/mol. The Bertz CT molecular complexity index is 748. The highest BCUT2D eigenvalue weighted by Crippen LogP contribution is 2.24. The van der Waals surface area contributed by atoms with Gasteiger partial charge in [0.05, 0.1) is 17.5 Å². The van der Waals surface area contributed by atoms with Crippen LogP contribution in [0.3, 0.4) is 0 Å². The van der Waals surface area contributed by atoms with Gasteiger partial charge in [0, 0.05) is 13.1 Å². The summed E-state index contributed by atoms with van der Waals surface area (Å²) in [4.78, 5) is 18.8. The minimum absolute atomic E-state index is 0.119. The molecule has 1 aliphatic heterocycles. The van der Waals surface area contributed by atoms with Crippen LogP contribution in [0, 0.1) is 19.8 Å². The first-order chi connectivity index (χ1) is 12.0. The van der Waals surface area contributed by atoms with Crippen LogP contribution in [0.15, 0.2) is 24.3 Å². The molecule has 7 heteroatoms. The second-order valence-electron chi connectivity index (χ2n) is 6.63. The maximum absolute atomic E-state index is 12.6. The molecule has 1 atom stereocenters. The van der Waals surface area contributed by atoms with Crippen molar-refractivity contribution >= 4 is 11.7 Å². The van der Waals surface area contributed by atoms with Crippen LogP contribution in [-0.4, -0.2) is 50.0 Å². The van der Waals surface area contributed by atoms with Crippen molar-refractivity contribution < 1.29 is 9.90 Å². The Hall–Kier alpha value is -2.41. The zero-order valence-electron chi connectivity index (χ0n) is 14.9. The number of aliphatic hydroxyl groups is 1. The maximum Gasteiger partial charge on any atom is 0.321 e. The van der Waals surface area contributed by atoms with Crippen LogP contribution < -0.4 is 5.32 Å². The molecule has 0 aliphatic carbocycles. The lowest BCUT2D eigenvalue weighted by atomic mass is 9.92. The van der Waals surface area contributed by atoms with E-state index in [4.69, 9.17) is 0 Å². The predicted octanol–water partition coefficient (Wildman–Crippen LogP) is 2.51. The molecule has 2 aromatic rings. The fourth-order valence-electron chi connectivity index (χ4n) is 3.29. The summed E-state index contributed by atoms with van der Waals surface area (Å²) in [5.41, 5.74) is 1.51. The van der Waals surface area contributed by atoms with E-state index in [0.29, 0.717) is 24.6 Å². The van der Waals surface area contributed by atoms with Gasteiger partial charge in [-0.05, 0) is 51.7 Å². The van der Waals surface area contributed by atoms with E-state index < -0.39 is 0 Å². The lowest BCUT2D eigenvalue weighted by molar-refractivity contribution is 0.0820. The van der Waals surface area contributed by atoms with E-state index in [2.05, 4.69) is 15.4 Å². The van der Waals surface area contributed by atoms with Crippen LogP contribution in [0.4, 0.5) is 10.5 Å². The van der Waals surface area contributed by atoms with Gasteiger partial charge in [0.15, 0.2) is 0 Å². The average Bonchev–Trinajstić information content (AvgIpc) is 2.93. The second kappa shape index (κ2) is 7.23. The van der Waals surface area contributed by atoms with E-state index in [0.717, 1.165) is 24.4 Å². The van der Waals surface area contributed by atoms with Crippen LogP contribution >= 0.6 is 0 Å². The molecule has 1 saturated heterocycles. The van der Waals surface area contributed by atoms with E-state index in [-0.39, 0.29) is 18.1 Å². The molecule has 1 unspecified atom stereocenters. The number of aryl methyl sites for hydroxylation is 2. The maximum atomic E-state index is 12.6. The highest BCUT2D eigenvalue weighted by molar-refractivity contribution is 5.91. The molecule has 1 fully saturated rings. The summed E-state index contributed by atoms with van der Waals surface area (Å²) < 4.78 is 1.74. The van der Waals surface area contributed by atoms with Gasteiger partial charge < -0.3 is 15.3 Å². The van der Waals surface area contributed by atoms with Gasteiger partial charge in [-0.25, -0.2) is 14.5 Å². The molecule has 0 saturated carbocycles. The van der Waals surface area contributed by atoms with Crippen molar-refractivity contribution in [1.29, 1.82) is 0 Å². The summed E-state index contributed by atoms with van der Waals surface area (Å²) in [7, 11) is 0. The van der Waals surface area contributed by atoms with Crippen LogP contribution in [0.25, 0.3) is 5.69 Å². The normalized spacial score (nSPS) is 16.7. The molecular formula is C18H25N5O2. The Morgan fingerprint density at radius 1 is 1.28 bits per heavy atom. The van der Waals surface area contributed by atoms with Crippen molar-refractivity contribution in [2.45, 2.75) is 39.7 Å². The number of urea groups is 1. The molecule has 7 nitrogen and oxygen atoms in total. The molecular weight excluding hydrogens is 318 g/mol. The molecule has 1 aliphatic rings. The third-order valence-corrected chi connectivity index (χ3v) is 4.76. The van der Waals surface area contributed by atoms with Gasteiger partial charge in [-0.3, -0.25) is 0 Å². The monoisotopic (exact) mass is 343 g/mol. The molecule has 0 spiro atoms. The van der Waals surface area contributed by atoms with Crippen molar-refractivity contribution in [2.75, 3.05) is 18.4 Å². The number of aliphatic hydroxyl groups excluding tert-OH is 1. The van der Waals surface area contributed by atoms with Gasteiger partial charge >= 0.3 is 6.03 Å². The molecule has 2 heterocycles. The molecule has 2 amide bonds. The lowest BCUT2D eigenvalue weighted by Crippen LogP contribution is -2.43. The fraction of sp³-hybridized carbons (Fsp3) is 0.500. The summed E-state index contributed by atoms with van der Waals surface area (Å²) in [6.07, 6.45) is 1.34. The summed E-state index contributed by atoms with van der Waals surface area (Å²) >= 11 is 0. The largest absolute Gasteiger partial charge is 0.393 e. The molecule has 1 aromatic heterocycles. The first-order valence-corrected chi connectivity index (χ1v) is 8.69. The smallest absolute Gasteiger partial charge is 0.321 e. The van der Waals surface area contributed by atoms with E-state index in [1.54, 1.807) is 9.58 Å². The third kappa shape index (κ3) is 3.82. The van der Waals surface area contributed by atoms with Gasteiger partial charge in [0.1, 0.15) is 11.6 Å². The van der Waals surface area contributed by atoms with Crippen LogP contribution in [0.5, 0.6) is 0 Å². The van der Waals surface area contributed by atoms with Crippen molar-refractivity contribution in [1.82, 2.24) is 19.7 Å². The Balaban J connectivity index is 1.74. The minimum atomic E-state index is -0.315.